The number of nitrogens with one attached hydrogen (secondary N) is 1. The van der Waals surface area contributed by atoms with Gasteiger partial charge in [-0.05, 0) is 62.6 Å². The van der Waals surface area contributed by atoms with E-state index in [4.69, 9.17) is 4.74 Å². The van der Waals surface area contributed by atoms with E-state index in [0.29, 0.717) is 28.4 Å². The van der Waals surface area contributed by atoms with Gasteiger partial charge in [0.05, 0.1) is 23.0 Å². The van der Waals surface area contributed by atoms with Gasteiger partial charge in [0.25, 0.3) is 5.91 Å². The summed E-state index contributed by atoms with van der Waals surface area (Å²) in [5, 5.41) is 12.7. The summed E-state index contributed by atoms with van der Waals surface area (Å²) in [4.78, 5) is 21.6. The van der Waals surface area contributed by atoms with E-state index >= 15 is 0 Å². The number of amides is 1. The minimum absolute atomic E-state index is 0.128. The van der Waals surface area contributed by atoms with E-state index in [2.05, 4.69) is 45.4 Å². The second kappa shape index (κ2) is 9.02. The molecule has 35 heavy (non-hydrogen) atoms. The van der Waals surface area contributed by atoms with Crippen LogP contribution in [0, 0.1) is 27.7 Å². The Kier molecular flexibility index (Phi) is 5.74. The van der Waals surface area contributed by atoms with Gasteiger partial charge < -0.3 is 10.1 Å². The Morgan fingerprint density at radius 3 is 2.66 bits per heavy atom. The second-order valence-corrected chi connectivity index (χ2v) is 8.45. The number of nitrogens with zero attached hydrogens (tertiary/aromatic N) is 6. The van der Waals surface area contributed by atoms with Crippen molar-refractivity contribution in [2.45, 2.75) is 27.7 Å². The van der Waals surface area contributed by atoms with Crippen LogP contribution in [0.5, 0.6) is 5.75 Å². The summed E-state index contributed by atoms with van der Waals surface area (Å²) >= 11 is 0. The second-order valence-electron chi connectivity index (χ2n) is 8.45. The number of benzene rings is 2. The van der Waals surface area contributed by atoms with Crippen molar-refractivity contribution in [1.29, 1.82) is 0 Å². The van der Waals surface area contributed by atoms with E-state index in [1.807, 2.05) is 50.2 Å². The van der Waals surface area contributed by atoms with Crippen LogP contribution in [0.15, 0.2) is 61.1 Å². The van der Waals surface area contributed by atoms with Crippen LogP contribution in [0.2, 0.25) is 0 Å². The summed E-state index contributed by atoms with van der Waals surface area (Å²) in [5.41, 5.74) is 5.68. The monoisotopic (exact) mass is 467 g/mol. The molecule has 0 atom stereocenters. The van der Waals surface area contributed by atoms with Crippen molar-refractivity contribution in [3.05, 3.63) is 83.4 Å². The number of aromatic nitrogens is 6. The number of hydrogen-bond acceptors (Lipinski definition) is 6. The molecule has 5 aromatic rings. The minimum atomic E-state index is -0.302. The molecule has 3 aromatic heterocycles. The molecule has 0 radical (unpaired) electrons. The van der Waals surface area contributed by atoms with Crippen molar-refractivity contribution in [3.63, 3.8) is 0 Å². The summed E-state index contributed by atoms with van der Waals surface area (Å²) in [7, 11) is 0. The maximum atomic E-state index is 12.7. The van der Waals surface area contributed by atoms with Crippen molar-refractivity contribution in [3.8, 4) is 17.3 Å². The first kappa shape index (κ1) is 22.3. The van der Waals surface area contributed by atoms with Crippen molar-refractivity contribution in [1.82, 2.24) is 29.5 Å². The smallest absolute Gasteiger partial charge is 0.263 e. The van der Waals surface area contributed by atoms with E-state index in [1.165, 1.54) is 11.9 Å². The Morgan fingerprint density at radius 1 is 1.00 bits per heavy atom. The highest BCUT2D eigenvalue weighted by atomic mass is 16.5. The van der Waals surface area contributed by atoms with E-state index in [1.54, 1.807) is 21.6 Å². The summed E-state index contributed by atoms with van der Waals surface area (Å²) in [6.07, 6.45) is 3.19. The van der Waals surface area contributed by atoms with Gasteiger partial charge in [0.15, 0.2) is 18.1 Å². The van der Waals surface area contributed by atoms with Gasteiger partial charge in [0, 0.05) is 6.07 Å². The number of ether oxygens (including phenoxy) is 1. The average molecular weight is 468 g/mol. The molecule has 2 aromatic carbocycles. The summed E-state index contributed by atoms with van der Waals surface area (Å²) < 4.78 is 9.03. The first-order chi connectivity index (χ1) is 16.9. The van der Waals surface area contributed by atoms with Crippen LogP contribution < -0.4 is 10.1 Å². The Morgan fingerprint density at radius 2 is 1.83 bits per heavy atom. The molecular weight excluding hydrogens is 442 g/mol. The summed E-state index contributed by atoms with van der Waals surface area (Å²) in [5.74, 6) is 1.35. The fraction of sp³-hybridized carbons (Fsp3) is 0.192. The molecule has 176 valence electrons. The molecule has 0 aliphatic carbocycles. The van der Waals surface area contributed by atoms with Gasteiger partial charge in [-0.3, -0.25) is 4.79 Å². The molecule has 0 aliphatic heterocycles. The molecule has 0 bridgehead atoms. The molecule has 0 saturated carbocycles. The van der Waals surface area contributed by atoms with Crippen molar-refractivity contribution in [2.24, 2.45) is 0 Å². The number of anilines is 1. The first-order valence-corrected chi connectivity index (χ1v) is 11.2. The molecule has 1 amide bonds. The number of rotatable bonds is 6. The van der Waals surface area contributed by atoms with Crippen LogP contribution in [-0.2, 0) is 4.79 Å². The van der Waals surface area contributed by atoms with Crippen LogP contribution in [0.4, 0.5) is 5.82 Å². The normalized spacial score (nSPS) is 11.1. The van der Waals surface area contributed by atoms with Crippen LogP contribution in [0.25, 0.3) is 22.5 Å². The molecular formula is C26H25N7O2. The average Bonchev–Trinajstić information content (AvgIpc) is 3.43. The van der Waals surface area contributed by atoms with E-state index in [-0.39, 0.29) is 12.5 Å². The molecule has 9 heteroatoms. The molecule has 0 unspecified atom stereocenters. The van der Waals surface area contributed by atoms with E-state index in [0.717, 1.165) is 22.5 Å². The van der Waals surface area contributed by atoms with Gasteiger partial charge in [0.2, 0.25) is 0 Å². The minimum Gasteiger partial charge on any atom is -0.484 e. The largest absolute Gasteiger partial charge is 0.484 e. The van der Waals surface area contributed by atoms with Crippen LogP contribution in [-0.4, -0.2) is 42.0 Å². The number of fused-ring (bicyclic) bond motifs is 1. The number of hydrogen-bond donors (Lipinski definition) is 1. The lowest BCUT2D eigenvalue weighted by molar-refractivity contribution is -0.118. The third-order valence-electron chi connectivity index (χ3n) is 5.81. The van der Waals surface area contributed by atoms with Crippen molar-refractivity contribution >= 4 is 22.8 Å². The SMILES string of the molecule is Cc1cccc(OCC(=O)Nc2cc(C)nn2-c2ncnc3c2cnn3-c2cccc(C)c2C)c1. The molecule has 0 saturated heterocycles. The molecule has 0 spiro atoms. The first-order valence-electron chi connectivity index (χ1n) is 11.2. The van der Waals surface area contributed by atoms with E-state index < -0.39 is 0 Å². The zero-order chi connectivity index (χ0) is 24.5. The van der Waals surface area contributed by atoms with Crippen LogP contribution in [0.3, 0.4) is 0 Å². The molecule has 0 fully saturated rings. The fourth-order valence-electron chi connectivity index (χ4n) is 3.92. The van der Waals surface area contributed by atoms with Crippen LogP contribution >= 0.6 is 0 Å². The maximum Gasteiger partial charge on any atom is 0.263 e. The van der Waals surface area contributed by atoms with Gasteiger partial charge in [-0.2, -0.15) is 14.9 Å². The number of aryl methyl sites for hydroxylation is 3. The van der Waals surface area contributed by atoms with Gasteiger partial charge in [0.1, 0.15) is 17.9 Å². The molecule has 3 heterocycles. The molecule has 1 N–H and O–H groups in total. The number of carbonyl (C=O) groups excluding carboxylic acids is 1. The highest BCUT2D eigenvalue weighted by Crippen LogP contribution is 2.26. The van der Waals surface area contributed by atoms with Crippen molar-refractivity contribution < 1.29 is 9.53 Å². The Bertz CT molecular complexity index is 1550. The zero-order valence-corrected chi connectivity index (χ0v) is 20.0. The Balaban J connectivity index is 1.45. The van der Waals surface area contributed by atoms with Gasteiger partial charge in [-0.1, -0.05) is 24.3 Å². The molecule has 0 aliphatic rings. The zero-order valence-electron chi connectivity index (χ0n) is 20.0. The predicted molar refractivity (Wildman–Crippen MR) is 133 cm³/mol. The lowest BCUT2D eigenvalue weighted by atomic mass is 10.1. The lowest BCUT2D eigenvalue weighted by Gasteiger charge is -2.11. The Labute approximate surface area is 202 Å². The Hall–Kier alpha value is -4.53. The third kappa shape index (κ3) is 4.35. The van der Waals surface area contributed by atoms with Gasteiger partial charge >= 0.3 is 0 Å². The van der Waals surface area contributed by atoms with Gasteiger partial charge in [-0.25, -0.2) is 14.6 Å². The highest BCUT2D eigenvalue weighted by Gasteiger charge is 2.18. The lowest BCUT2D eigenvalue weighted by Crippen LogP contribution is -2.22. The van der Waals surface area contributed by atoms with Crippen molar-refractivity contribution in [2.75, 3.05) is 11.9 Å². The van der Waals surface area contributed by atoms with Gasteiger partial charge in [-0.15, -0.1) is 0 Å². The quantitative estimate of drug-likeness (QED) is 0.401. The number of carbonyl (C=O) groups is 1. The predicted octanol–water partition coefficient (Wildman–Crippen LogP) is 4.25. The van der Waals surface area contributed by atoms with Crippen LogP contribution in [0.1, 0.15) is 22.4 Å². The maximum absolute atomic E-state index is 12.7. The fourth-order valence-corrected chi connectivity index (χ4v) is 3.92. The highest BCUT2D eigenvalue weighted by molar-refractivity contribution is 5.92. The summed E-state index contributed by atoms with van der Waals surface area (Å²) in [6, 6.07) is 15.4. The molecule has 5 rings (SSSR count). The standard InChI is InChI=1S/C26H25N7O2/c1-16-7-5-9-20(11-16)35-14-24(34)30-23-12-18(3)31-33(23)26-21-13-29-32(25(21)27-15-28-26)22-10-6-8-17(2)19(22)4/h5-13,15H,14H2,1-4H3,(H,30,34). The summed E-state index contributed by atoms with van der Waals surface area (Å²) in [6.45, 7) is 7.82. The third-order valence-corrected chi connectivity index (χ3v) is 5.81. The topological polar surface area (TPSA) is 99.8 Å². The molecule has 9 nitrogen and oxygen atoms in total. The van der Waals surface area contributed by atoms with E-state index in [9.17, 15) is 4.79 Å².